The molecule has 4 nitrogen and oxygen atoms in total. The van der Waals surface area contributed by atoms with Crippen LogP contribution in [0, 0.1) is 0 Å². The van der Waals surface area contributed by atoms with Crippen LogP contribution in [-0.2, 0) is 0 Å². The Labute approximate surface area is 146 Å². The summed E-state index contributed by atoms with van der Waals surface area (Å²) < 4.78 is 10.9. The number of hydrogen-bond donors (Lipinski definition) is 1. The van der Waals surface area contributed by atoms with Crippen molar-refractivity contribution in [2.24, 2.45) is 0 Å². The number of benzene rings is 1. The maximum absolute atomic E-state index is 5.58. The SMILES string of the molecule is CCC[C@H](c1ccc(OC)cc1OC)N1CCNCC1.Cl.Cl. The Balaban J connectivity index is 0.00000220. The van der Waals surface area contributed by atoms with E-state index in [9.17, 15) is 0 Å². The van der Waals surface area contributed by atoms with Crippen LogP contribution in [-0.4, -0.2) is 45.3 Å². The van der Waals surface area contributed by atoms with Gasteiger partial charge in [0.15, 0.2) is 0 Å². The molecule has 1 aliphatic rings. The van der Waals surface area contributed by atoms with Gasteiger partial charge < -0.3 is 14.8 Å². The van der Waals surface area contributed by atoms with Crippen molar-refractivity contribution in [2.75, 3.05) is 40.4 Å². The average molecular weight is 351 g/mol. The van der Waals surface area contributed by atoms with E-state index in [2.05, 4.69) is 23.2 Å². The molecular weight excluding hydrogens is 323 g/mol. The third kappa shape index (κ3) is 5.20. The first-order valence-electron chi connectivity index (χ1n) is 7.46. The van der Waals surface area contributed by atoms with Crippen LogP contribution >= 0.6 is 24.8 Å². The number of nitrogens with one attached hydrogen (secondary N) is 1. The fourth-order valence-electron chi connectivity index (χ4n) is 2.90. The highest BCUT2D eigenvalue weighted by molar-refractivity contribution is 5.85. The van der Waals surface area contributed by atoms with Gasteiger partial charge in [0.2, 0.25) is 0 Å². The first kappa shape index (κ1) is 21.3. The summed E-state index contributed by atoms with van der Waals surface area (Å²) in [5.74, 6) is 1.78. The normalized spacial score (nSPS) is 16.1. The number of rotatable bonds is 6. The van der Waals surface area contributed by atoms with Crippen molar-refractivity contribution < 1.29 is 9.47 Å². The smallest absolute Gasteiger partial charge is 0.127 e. The average Bonchev–Trinajstić information content (AvgIpc) is 2.53. The second kappa shape index (κ2) is 10.9. The van der Waals surface area contributed by atoms with E-state index in [4.69, 9.17) is 9.47 Å². The molecule has 1 aliphatic heterocycles. The van der Waals surface area contributed by atoms with Crippen molar-refractivity contribution in [3.8, 4) is 11.5 Å². The van der Waals surface area contributed by atoms with Crippen LogP contribution in [0.5, 0.6) is 11.5 Å². The molecule has 1 aromatic carbocycles. The van der Waals surface area contributed by atoms with E-state index >= 15 is 0 Å². The summed E-state index contributed by atoms with van der Waals surface area (Å²) in [5, 5.41) is 3.42. The molecule has 1 atom stereocenters. The highest BCUT2D eigenvalue weighted by Gasteiger charge is 2.24. The second-order valence-corrected chi connectivity index (χ2v) is 5.20. The Morgan fingerprint density at radius 3 is 2.36 bits per heavy atom. The summed E-state index contributed by atoms with van der Waals surface area (Å²) in [7, 11) is 3.42. The predicted molar refractivity (Wildman–Crippen MR) is 96.1 cm³/mol. The van der Waals surface area contributed by atoms with E-state index in [0.717, 1.165) is 44.1 Å². The lowest BCUT2D eigenvalue weighted by Gasteiger charge is -2.35. The van der Waals surface area contributed by atoms with Crippen molar-refractivity contribution in [1.29, 1.82) is 0 Å². The molecule has 1 fully saturated rings. The van der Waals surface area contributed by atoms with Gasteiger partial charge in [-0.25, -0.2) is 0 Å². The van der Waals surface area contributed by atoms with E-state index in [1.54, 1.807) is 14.2 Å². The maximum atomic E-state index is 5.58. The molecule has 0 bridgehead atoms. The Kier molecular flexibility index (Phi) is 10.6. The van der Waals surface area contributed by atoms with E-state index < -0.39 is 0 Å². The first-order chi connectivity index (χ1) is 9.80. The van der Waals surface area contributed by atoms with Crippen molar-refractivity contribution in [2.45, 2.75) is 25.8 Å². The molecule has 1 heterocycles. The molecule has 0 aromatic heterocycles. The first-order valence-corrected chi connectivity index (χ1v) is 7.46. The fourth-order valence-corrected chi connectivity index (χ4v) is 2.90. The topological polar surface area (TPSA) is 33.7 Å². The van der Waals surface area contributed by atoms with Crippen LogP contribution in [0.25, 0.3) is 0 Å². The lowest BCUT2D eigenvalue weighted by atomic mass is 9.98. The van der Waals surface area contributed by atoms with Gasteiger partial charge in [0.25, 0.3) is 0 Å². The zero-order valence-corrected chi connectivity index (χ0v) is 15.3. The molecule has 128 valence electrons. The van der Waals surface area contributed by atoms with Gasteiger partial charge in [-0.1, -0.05) is 19.4 Å². The van der Waals surface area contributed by atoms with Gasteiger partial charge in [0, 0.05) is 43.9 Å². The molecule has 0 saturated carbocycles. The molecule has 1 saturated heterocycles. The minimum atomic E-state index is 0. The van der Waals surface area contributed by atoms with Gasteiger partial charge in [-0.05, 0) is 12.5 Å². The number of methoxy groups -OCH3 is 2. The maximum Gasteiger partial charge on any atom is 0.127 e. The number of piperazine rings is 1. The van der Waals surface area contributed by atoms with Crippen molar-refractivity contribution in [1.82, 2.24) is 10.2 Å². The standard InChI is InChI=1S/C16H26N2O2.2ClH/c1-4-5-15(18-10-8-17-9-11-18)14-7-6-13(19-2)12-16(14)20-3;;/h6-7,12,15,17H,4-5,8-11H2,1-3H3;2*1H/t15-;;/m1../s1. The molecular formula is C16H28Cl2N2O2. The molecule has 0 amide bonds. The van der Waals surface area contributed by atoms with Gasteiger partial charge in [-0.2, -0.15) is 0 Å². The van der Waals surface area contributed by atoms with Gasteiger partial charge in [0.05, 0.1) is 14.2 Å². The van der Waals surface area contributed by atoms with Crippen molar-refractivity contribution in [3.63, 3.8) is 0 Å². The number of halogens is 2. The van der Waals surface area contributed by atoms with Crippen LogP contribution in [0.3, 0.4) is 0 Å². The van der Waals surface area contributed by atoms with Crippen LogP contribution in [0.15, 0.2) is 18.2 Å². The number of ether oxygens (including phenoxy) is 2. The third-order valence-corrected chi connectivity index (χ3v) is 3.95. The van der Waals surface area contributed by atoms with Crippen LogP contribution in [0.2, 0.25) is 0 Å². The molecule has 1 aromatic rings. The van der Waals surface area contributed by atoms with E-state index in [1.165, 1.54) is 12.0 Å². The molecule has 1 N–H and O–H groups in total. The fraction of sp³-hybridized carbons (Fsp3) is 0.625. The van der Waals surface area contributed by atoms with Crippen molar-refractivity contribution >= 4 is 24.8 Å². The third-order valence-electron chi connectivity index (χ3n) is 3.95. The second-order valence-electron chi connectivity index (χ2n) is 5.20. The summed E-state index contributed by atoms with van der Waals surface area (Å²) in [5.41, 5.74) is 1.28. The Bertz CT molecular complexity index is 427. The van der Waals surface area contributed by atoms with E-state index in [1.807, 2.05) is 12.1 Å². The highest BCUT2D eigenvalue weighted by Crippen LogP contribution is 2.35. The summed E-state index contributed by atoms with van der Waals surface area (Å²) in [6.45, 7) is 6.57. The quantitative estimate of drug-likeness (QED) is 0.853. The van der Waals surface area contributed by atoms with Crippen LogP contribution in [0.1, 0.15) is 31.4 Å². The van der Waals surface area contributed by atoms with Gasteiger partial charge in [0.1, 0.15) is 11.5 Å². The zero-order valence-electron chi connectivity index (χ0n) is 13.6. The van der Waals surface area contributed by atoms with Gasteiger partial charge in [-0.3, -0.25) is 4.90 Å². The number of nitrogens with zero attached hydrogens (tertiary/aromatic N) is 1. The summed E-state index contributed by atoms with van der Waals surface area (Å²) >= 11 is 0. The van der Waals surface area contributed by atoms with Crippen molar-refractivity contribution in [3.05, 3.63) is 23.8 Å². The summed E-state index contributed by atoms with van der Waals surface area (Å²) in [6, 6.07) is 6.60. The van der Waals surface area contributed by atoms with E-state index in [-0.39, 0.29) is 24.8 Å². The lowest BCUT2D eigenvalue weighted by Crippen LogP contribution is -2.45. The highest BCUT2D eigenvalue weighted by atomic mass is 35.5. The predicted octanol–water partition coefficient (Wildman–Crippen LogP) is 3.29. The molecule has 6 heteroatoms. The largest absolute Gasteiger partial charge is 0.497 e. The monoisotopic (exact) mass is 350 g/mol. The minimum absolute atomic E-state index is 0. The molecule has 0 aliphatic carbocycles. The van der Waals surface area contributed by atoms with Gasteiger partial charge in [-0.15, -0.1) is 24.8 Å². The van der Waals surface area contributed by atoms with Crippen LogP contribution < -0.4 is 14.8 Å². The molecule has 2 rings (SSSR count). The van der Waals surface area contributed by atoms with Crippen LogP contribution in [0.4, 0.5) is 0 Å². The Hall–Kier alpha value is -0.680. The molecule has 0 radical (unpaired) electrons. The number of hydrogen-bond acceptors (Lipinski definition) is 4. The minimum Gasteiger partial charge on any atom is -0.497 e. The molecule has 0 spiro atoms. The summed E-state index contributed by atoms with van der Waals surface area (Å²) in [6.07, 6.45) is 2.33. The Morgan fingerprint density at radius 1 is 1.14 bits per heavy atom. The zero-order chi connectivity index (χ0) is 14.4. The van der Waals surface area contributed by atoms with E-state index in [0.29, 0.717) is 6.04 Å². The van der Waals surface area contributed by atoms with Gasteiger partial charge >= 0.3 is 0 Å². The molecule has 22 heavy (non-hydrogen) atoms. The Morgan fingerprint density at radius 2 is 1.82 bits per heavy atom. The lowest BCUT2D eigenvalue weighted by molar-refractivity contribution is 0.162. The molecule has 0 unspecified atom stereocenters. The summed E-state index contributed by atoms with van der Waals surface area (Å²) in [4.78, 5) is 2.56.